The van der Waals surface area contributed by atoms with Gasteiger partial charge in [-0.1, -0.05) is 60.3 Å². The van der Waals surface area contributed by atoms with Crippen LogP contribution in [0.5, 0.6) is 11.5 Å². The van der Waals surface area contributed by atoms with Crippen LogP contribution in [0.15, 0.2) is 33.9 Å². The Balaban J connectivity index is 0.000000193. The SMILES string of the molecule is CC(C)COC(=O)Oc1cc(-c2c(Cl)n3n(c2=O)CCCC3)c(F)cc1Cl.O=c1c(-c2cc(O)c(Cl)cc2F)c(Cl)n2n1CCCC2. The molecule has 0 bridgehead atoms. The minimum Gasteiger partial charge on any atom is -0.506 e. The fraction of sp³-hybridized carbons (Fsp3) is 0.387. The number of fused-ring (bicyclic) bond motifs is 2. The van der Waals surface area contributed by atoms with E-state index in [1.165, 1.54) is 15.4 Å². The van der Waals surface area contributed by atoms with Crippen molar-refractivity contribution in [2.45, 2.75) is 65.7 Å². The third-order valence-corrected chi connectivity index (χ3v) is 9.02. The van der Waals surface area contributed by atoms with Gasteiger partial charge in [0.1, 0.15) is 27.7 Å². The maximum absolute atomic E-state index is 14.6. The fourth-order valence-corrected chi connectivity index (χ4v) is 6.44. The summed E-state index contributed by atoms with van der Waals surface area (Å²) in [4.78, 5) is 36.9. The molecule has 1 N–H and O–H groups in total. The standard InChI is InChI=1S/C18H19Cl2FN2O4.C13H11Cl2FN2O2/c1-10(2)9-26-18(25)27-14-7-11(13(21)8-12(14)19)15-16(20)22-5-3-4-6-23(22)17(15)24;14-8-6-9(16)7(5-10(8)19)11-12(15)17-3-1-2-4-18(17)13(11)20/h7-8,10H,3-6,9H2,1-2H3;5-6,19H,1-4H2. The van der Waals surface area contributed by atoms with Crippen molar-refractivity contribution in [3.63, 3.8) is 0 Å². The van der Waals surface area contributed by atoms with Crippen molar-refractivity contribution in [1.29, 1.82) is 0 Å². The molecule has 4 aromatic rings. The number of hydrogen-bond acceptors (Lipinski definition) is 6. The van der Waals surface area contributed by atoms with E-state index in [4.69, 9.17) is 55.9 Å². The van der Waals surface area contributed by atoms with Crippen LogP contribution >= 0.6 is 46.4 Å². The number of nitrogens with zero attached hydrogens (tertiary/aromatic N) is 4. The molecule has 0 unspecified atom stereocenters. The molecular weight excluding hydrogens is 704 g/mol. The average Bonchev–Trinajstić information content (AvgIpc) is 3.44. The number of halogens is 6. The Bertz CT molecular complexity index is 1970. The molecule has 0 saturated heterocycles. The largest absolute Gasteiger partial charge is 0.513 e. The Morgan fingerprint density at radius 1 is 0.766 bits per heavy atom. The molecule has 2 aromatic heterocycles. The number of ether oxygens (including phenoxy) is 2. The van der Waals surface area contributed by atoms with E-state index < -0.39 is 23.3 Å². The Labute approximate surface area is 287 Å². The fourth-order valence-electron chi connectivity index (χ4n) is 5.39. The quantitative estimate of drug-likeness (QED) is 0.165. The van der Waals surface area contributed by atoms with E-state index >= 15 is 0 Å². The van der Waals surface area contributed by atoms with E-state index in [-0.39, 0.29) is 72.2 Å². The van der Waals surface area contributed by atoms with Crippen LogP contribution < -0.4 is 15.9 Å². The van der Waals surface area contributed by atoms with Gasteiger partial charge in [-0.2, -0.15) is 0 Å². The van der Waals surface area contributed by atoms with E-state index in [1.807, 2.05) is 13.8 Å². The monoisotopic (exact) mass is 732 g/mol. The summed E-state index contributed by atoms with van der Waals surface area (Å²) in [6.07, 6.45) is 2.57. The first-order valence-corrected chi connectivity index (χ1v) is 16.3. The summed E-state index contributed by atoms with van der Waals surface area (Å²) in [6, 6.07) is 4.29. The molecule has 10 nitrogen and oxygen atoms in total. The van der Waals surface area contributed by atoms with Crippen LogP contribution in [-0.4, -0.2) is 36.6 Å². The van der Waals surface area contributed by atoms with Crippen molar-refractivity contribution in [3.8, 4) is 33.8 Å². The third kappa shape index (κ3) is 7.06. The summed E-state index contributed by atoms with van der Waals surface area (Å²) in [5.41, 5.74) is -0.762. The Hall–Kier alpha value is -3.45. The molecule has 2 aliphatic heterocycles. The molecule has 0 fully saturated rings. The molecule has 2 aromatic carbocycles. The summed E-state index contributed by atoms with van der Waals surface area (Å²) < 4.78 is 44.9. The van der Waals surface area contributed by atoms with Gasteiger partial charge in [-0.25, -0.2) is 22.9 Å². The van der Waals surface area contributed by atoms with Gasteiger partial charge in [0.15, 0.2) is 5.75 Å². The van der Waals surface area contributed by atoms with Crippen LogP contribution in [0.25, 0.3) is 22.3 Å². The first-order chi connectivity index (χ1) is 22.3. The molecule has 2 aliphatic rings. The molecular formula is C31H30Cl4F2N4O6. The van der Waals surface area contributed by atoms with Crippen LogP contribution in [0.4, 0.5) is 13.6 Å². The number of carbonyl (C=O) groups is 1. The van der Waals surface area contributed by atoms with Crippen molar-refractivity contribution in [2.75, 3.05) is 6.61 Å². The normalized spacial score (nSPS) is 13.9. The highest BCUT2D eigenvalue weighted by Gasteiger charge is 2.27. The second-order valence-electron chi connectivity index (χ2n) is 11.5. The molecule has 0 radical (unpaired) electrons. The van der Waals surface area contributed by atoms with Gasteiger partial charge >= 0.3 is 6.16 Å². The number of aromatic hydroxyl groups is 1. The van der Waals surface area contributed by atoms with E-state index in [1.54, 1.807) is 9.36 Å². The van der Waals surface area contributed by atoms with Gasteiger partial charge in [-0.15, -0.1) is 0 Å². The number of phenols is 1. The topological polar surface area (TPSA) is 110 Å². The Morgan fingerprint density at radius 2 is 1.21 bits per heavy atom. The smallest absolute Gasteiger partial charge is 0.506 e. The van der Waals surface area contributed by atoms with Crippen molar-refractivity contribution in [3.05, 3.63) is 77.0 Å². The number of rotatable bonds is 5. The molecule has 47 heavy (non-hydrogen) atoms. The minimum absolute atomic E-state index is 0.0214. The highest BCUT2D eigenvalue weighted by molar-refractivity contribution is 6.34. The molecule has 0 atom stereocenters. The highest BCUT2D eigenvalue weighted by Crippen LogP contribution is 2.37. The summed E-state index contributed by atoms with van der Waals surface area (Å²) in [5.74, 6) is -1.68. The third-order valence-electron chi connectivity index (χ3n) is 7.65. The molecule has 4 heterocycles. The van der Waals surface area contributed by atoms with E-state index in [9.17, 15) is 28.3 Å². The number of phenolic OH excluding ortho intramolecular Hbond substituents is 1. The highest BCUT2D eigenvalue weighted by atomic mass is 35.5. The predicted octanol–water partition coefficient (Wildman–Crippen LogP) is 7.99. The molecule has 0 spiro atoms. The molecule has 0 saturated carbocycles. The van der Waals surface area contributed by atoms with E-state index in [0.29, 0.717) is 26.2 Å². The lowest BCUT2D eigenvalue weighted by atomic mass is 10.1. The van der Waals surface area contributed by atoms with Gasteiger partial charge in [-0.3, -0.25) is 19.0 Å². The maximum Gasteiger partial charge on any atom is 0.513 e. The molecule has 6 rings (SSSR count). The first-order valence-electron chi connectivity index (χ1n) is 14.8. The van der Waals surface area contributed by atoms with E-state index in [2.05, 4.69) is 0 Å². The predicted molar refractivity (Wildman–Crippen MR) is 175 cm³/mol. The van der Waals surface area contributed by atoms with E-state index in [0.717, 1.165) is 43.9 Å². The Morgan fingerprint density at radius 3 is 1.68 bits per heavy atom. The molecule has 0 amide bonds. The lowest BCUT2D eigenvalue weighted by molar-refractivity contribution is 0.0886. The van der Waals surface area contributed by atoms with Gasteiger partial charge in [0.25, 0.3) is 11.1 Å². The number of carbonyl (C=O) groups excluding carboxylic acids is 1. The van der Waals surface area contributed by atoms with Crippen molar-refractivity contribution in [1.82, 2.24) is 18.7 Å². The van der Waals surface area contributed by atoms with Crippen LogP contribution in [0.3, 0.4) is 0 Å². The molecule has 252 valence electrons. The van der Waals surface area contributed by atoms with Gasteiger partial charge in [0, 0.05) is 37.3 Å². The lowest BCUT2D eigenvalue weighted by Gasteiger charge is -2.17. The van der Waals surface area contributed by atoms with Crippen LogP contribution in [0.1, 0.15) is 39.5 Å². The maximum atomic E-state index is 14.6. The second kappa shape index (κ2) is 14.3. The second-order valence-corrected chi connectivity index (χ2v) is 13.0. The van der Waals surface area contributed by atoms with Crippen molar-refractivity contribution >= 4 is 52.6 Å². The van der Waals surface area contributed by atoms with Crippen LogP contribution in [0, 0.1) is 17.6 Å². The number of benzene rings is 2. The Kier molecular flexibility index (Phi) is 10.6. The minimum atomic E-state index is -0.956. The van der Waals surface area contributed by atoms with Gasteiger partial charge in [0.05, 0.1) is 27.8 Å². The van der Waals surface area contributed by atoms with Gasteiger partial charge in [0.2, 0.25) is 0 Å². The lowest BCUT2D eigenvalue weighted by Crippen LogP contribution is -2.27. The van der Waals surface area contributed by atoms with Gasteiger partial charge in [-0.05, 0) is 55.9 Å². The average molecular weight is 734 g/mol. The molecule has 0 aliphatic carbocycles. The zero-order valence-corrected chi connectivity index (χ0v) is 28.3. The summed E-state index contributed by atoms with van der Waals surface area (Å²) in [6.45, 7) is 6.19. The zero-order chi connectivity index (χ0) is 34.2. The van der Waals surface area contributed by atoms with Crippen LogP contribution in [0.2, 0.25) is 20.4 Å². The summed E-state index contributed by atoms with van der Waals surface area (Å²) in [5, 5.41) is 9.73. The number of hydrogen-bond donors (Lipinski definition) is 1. The first kappa shape index (κ1) is 34.9. The zero-order valence-electron chi connectivity index (χ0n) is 25.3. The summed E-state index contributed by atoms with van der Waals surface area (Å²) >= 11 is 24.2. The van der Waals surface area contributed by atoms with Gasteiger partial charge < -0.3 is 14.6 Å². The van der Waals surface area contributed by atoms with Crippen molar-refractivity contribution in [2.24, 2.45) is 5.92 Å². The number of aromatic nitrogens is 4. The van der Waals surface area contributed by atoms with Crippen LogP contribution in [-0.2, 0) is 30.9 Å². The van der Waals surface area contributed by atoms with Crippen molar-refractivity contribution < 1.29 is 28.2 Å². The molecule has 16 heteroatoms. The summed E-state index contributed by atoms with van der Waals surface area (Å²) in [7, 11) is 0.